The van der Waals surface area contributed by atoms with Crippen LogP contribution in [0.1, 0.15) is 18.9 Å². The summed E-state index contributed by atoms with van der Waals surface area (Å²) in [4.78, 5) is 12.4. The SMILES string of the molecule is CCCN(CC(=O)O)Cc1cccc(F)c1. The van der Waals surface area contributed by atoms with Gasteiger partial charge >= 0.3 is 5.97 Å². The number of nitrogens with zero attached hydrogens (tertiary/aromatic N) is 1. The highest BCUT2D eigenvalue weighted by Gasteiger charge is 2.09. The zero-order valence-electron chi connectivity index (χ0n) is 9.32. The van der Waals surface area contributed by atoms with Crippen LogP contribution in [0, 0.1) is 5.82 Å². The van der Waals surface area contributed by atoms with E-state index in [0.29, 0.717) is 13.1 Å². The average molecular weight is 225 g/mol. The Balaban J connectivity index is 2.63. The van der Waals surface area contributed by atoms with Crippen LogP contribution in [0.2, 0.25) is 0 Å². The van der Waals surface area contributed by atoms with Crippen molar-refractivity contribution in [2.24, 2.45) is 0 Å². The van der Waals surface area contributed by atoms with Crippen LogP contribution in [-0.2, 0) is 11.3 Å². The molecule has 4 heteroatoms. The Kier molecular flexibility index (Phi) is 4.92. The van der Waals surface area contributed by atoms with E-state index in [1.54, 1.807) is 17.0 Å². The van der Waals surface area contributed by atoms with E-state index in [1.807, 2.05) is 6.92 Å². The molecule has 0 bridgehead atoms. The summed E-state index contributed by atoms with van der Waals surface area (Å²) in [6.07, 6.45) is 0.878. The van der Waals surface area contributed by atoms with Gasteiger partial charge in [-0.1, -0.05) is 19.1 Å². The van der Waals surface area contributed by atoms with Crippen LogP contribution in [-0.4, -0.2) is 29.1 Å². The molecule has 0 aliphatic heterocycles. The zero-order valence-corrected chi connectivity index (χ0v) is 9.32. The van der Waals surface area contributed by atoms with Crippen molar-refractivity contribution in [3.63, 3.8) is 0 Å². The number of carboxylic acid groups (broad SMARTS) is 1. The van der Waals surface area contributed by atoms with Crippen LogP contribution in [0.15, 0.2) is 24.3 Å². The molecule has 1 rings (SSSR count). The lowest BCUT2D eigenvalue weighted by Gasteiger charge is -2.19. The Hall–Kier alpha value is -1.42. The predicted octanol–water partition coefficient (Wildman–Crippen LogP) is 2.12. The van der Waals surface area contributed by atoms with E-state index in [1.165, 1.54) is 12.1 Å². The fourth-order valence-electron chi connectivity index (χ4n) is 1.62. The molecule has 0 aromatic heterocycles. The molecule has 0 aliphatic carbocycles. The number of rotatable bonds is 6. The molecule has 0 fully saturated rings. The maximum atomic E-state index is 12.9. The monoisotopic (exact) mass is 225 g/mol. The summed E-state index contributed by atoms with van der Waals surface area (Å²) in [5, 5.41) is 8.73. The minimum Gasteiger partial charge on any atom is -0.480 e. The third kappa shape index (κ3) is 4.40. The third-order valence-electron chi connectivity index (χ3n) is 2.19. The number of hydrogen-bond acceptors (Lipinski definition) is 2. The lowest BCUT2D eigenvalue weighted by Crippen LogP contribution is -2.30. The second-order valence-electron chi connectivity index (χ2n) is 3.73. The Morgan fingerprint density at radius 2 is 2.25 bits per heavy atom. The summed E-state index contributed by atoms with van der Waals surface area (Å²) in [7, 11) is 0. The second-order valence-corrected chi connectivity index (χ2v) is 3.73. The van der Waals surface area contributed by atoms with Crippen molar-refractivity contribution < 1.29 is 14.3 Å². The molecular formula is C12H16FNO2. The van der Waals surface area contributed by atoms with Crippen LogP contribution >= 0.6 is 0 Å². The molecular weight excluding hydrogens is 209 g/mol. The molecule has 3 nitrogen and oxygen atoms in total. The first-order valence-corrected chi connectivity index (χ1v) is 5.30. The number of hydrogen-bond donors (Lipinski definition) is 1. The highest BCUT2D eigenvalue weighted by Crippen LogP contribution is 2.07. The number of benzene rings is 1. The maximum Gasteiger partial charge on any atom is 0.317 e. The van der Waals surface area contributed by atoms with Crippen molar-refractivity contribution >= 4 is 5.97 Å². The predicted molar refractivity (Wildman–Crippen MR) is 59.6 cm³/mol. The minimum absolute atomic E-state index is 0.00957. The molecule has 16 heavy (non-hydrogen) atoms. The average Bonchev–Trinajstić information content (AvgIpc) is 2.16. The first kappa shape index (κ1) is 12.6. The Morgan fingerprint density at radius 1 is 1.50 bits per heavy atom. The van der Waals surface area contributed by atoms with Crippen LogP contribution < -0.4 is 0 Å². The van der Waals surface area contributed by atoms with E-state index < -0.39 is 5.97 Å². The lowest BCUT2D eigenvalue weighted by atomic mass is 10.2. The Bertz CT molecular complexity index is 355. The number of halogens is 1. The van der Waals surface area contributed by atoms with E-state index in [9.17, 15) is 9.18 Å². The van der Waals surface area contributed by atoms with E-state index >= 15 is 0 Å². The van der Waals surface area contributed by atoms with Crippen molar-refractivity contribution in [3.8, 4) is 0 Å². The van der Waals surface area contributed by atoms with Gasteiger partial charge in [0.05, 0.1) is 6.54 Å². The second kappa shape index (κ2) is 6.23. The smallest absolute Gasteiger partial charge is 0.317 e. The molecule has 1 aromatic rings. The van der Waals surface area contributed by atoms with Crippen LogP contribution in [0.3, 0.4) is 0 Å². The van der Waals surface area contributed by atoms with Gasteiger partial charge in [0.15, 0.2) is 0 Å². The summed E-state index contributed by atoms with van der Waals surface area (Å²) in [5.74, 6) is -1.14. The Labute approximate surface area is 94.5 Å². The first-order chi connectivity index (χ1) is 7.61. The van der Waals surface area contributed by atoms with E-state index in [4.69, 9.17) is 5.11 Å². The quantitative estimate of drug-likeness (QED) is 0.806. The lowest BCUT2D eigenvalue weighted by molar-refractivity contribution is -0.138. The normalized spacial score (nSPS) is 10.7. The molecule has 0 radical (unpaired) electrons. The van der Waals surface area contributed by atoms with Gasteiger partial charge in [-0.25, -0.2) is 4.39 Å². The highest BCUT2D eigenvalue weighted by atomic mass is 19.1. The van der Waals surface area contributed by atoms with Gasteiger partial charge in [-0.05, 0) is 30.7 Å². The van der Waals surface area contributed by atoms with Crippen molar-refractivity contribution in [2.75, 3.05) is 13.1 Å². The summed E-state index contributed by atoms with van der Waals surface area (Å²) < 4.78 is 12.9. The molecule has 0 amide bonds. The van der Waals surface area contributed by atoms with Crippen LogP contribution in [0.5, 0.6) is 0 Å². The molecule has 0 heterocycles. The molecule has 1 aromatic carbocycles. The van der Waals surface area contributed by atoms with Crippen LogP contribution in [0.25, 0.3) is 0 Å². The summed E-state index contributed by atoms with van der Waals surface area (Å²) in [5.41, 5.74) is 0.801. The summed E-state index contributed by atoms with van der Waals surface area (Å²) in [6.45, 7) is 3.14. The molecule has 1 N–H and O–H groups in total. The maximum absolute atomic E-state index is 12.9. The van der Waals surface area contributed by atoms with E-state index in [2.05, 4.69) is 0 Å². The largest absolute Gasteiger partial charge is 0.480 e. The van der Waals surface area contributed by atoms with E-state index in [0.717, 1.165) is 12.0 Å². The van der Waals surface area contributed by atoms with Gasteiger partial charge in [-0.3, -0.25) is 9.69 Å². The van der Waals surface area contributed by atoms with Gasteiger partial charge in [0, 0.05) is 6.54 Å². The number of carbonyl (C=O) groups is 1. The fraction of sp³-hybridized carbons (Fsp3) is 0.417. The zero-order chi connectivity index (χ0) is 12.0. The molecule has 0 saturated carbocycles. The first-order valence-electron chi connectivity index (χ1n) is 5.30. The molecule has 88 valence electrons. The van der Waals surface area contributed by atoms with Gasteiger partial charge in [-0.15, -0.1) is 0 Å². The van der Waals surface area contributed by atoms with Gasteiger partial charge < -0.3 is 5.11 Å². The molecule has 0 spiro atoms. The fourth-order valence-corrected chi connectivity index (χ4v) is 1.62. The Morgan fingerprint density at radius 3 is 2.81 bits per heavy atom. The molecule has 0 aliphatic rings. The van der Waals surface area contributed by atoms with Crippen molar-refractivity contribution in [1.82, 2.24) is 4.90 Å². The minimum atomic E-state index is -0.857. The van der Waals surface area contributed by atoms with Gasteiger partial charge in [0.25, 0.3) is 0 Å². The van der Waals surface area contributed by atoms with Crippen molar-refractivity contribution in [1.29, 1.82) is 0 Å². The topological polar surface area (TPSA) is 40.5 Å². The molecule has 0 atom stereocenters. The molecule has 0 unspecified atom stereocenters. The summed E-state index contributed by atoms with van der Waals surface area (Å²) >= 11 is 0. The number of carboxylic acids is 1. The highest BCUT2D eigenvalue weighted by molar-refractivity contribution is 5.69. The summed E-state index contributed by atoms with van der Waals surface area (Å²) in [6, 6.07) is 6.25. The standard InChI is InChI=1S/C12H16FNO2/c1-2-6-14(9-12(15)16)8-10-4-3-5-11(13)7-10/h3-5,7H,2,6,8-9H2,1H3,(H,15,16). The number of aliphatic carboxylic acids is 1. The molecule has 0 saturated heterocycles. The van der Waals surface area contributed by atoms with Gasteiger partial charge in [0.2, 0.25) is 0 Å². The van der Waals surface area contributed by atoms with Gasteiger partial charge in [0.1, 0.15) is 5.82 Å². The van der Waals surface area contributed by atoms with Crippen LogP contribution in [0.4, 0.5) is 4.39 Å². The van der Waals surface area contributed by atoms with E-state index in [-0.39, 0.29) is 12.4 Å². The van der Waals surface area contributed by atoms with Gasteiger partial charge in [-0.2, -0.15) is 0 Å². The van der Waals surface area contributed by atoms with Crippen molar-refractivity contribution in [2.45, 2.75) is 19.9 Å². The third-order valence-corrected chi connectivity index (χ3v) is 2.19. The van der Waals surface area contributed by atoms with Crippen molar-refractivity contribution in [3.05, 3.63) is 35.6 Å².